The molecule has 1 saturated heterocycles. The molecule has 4 rings (SSSR count). The number of rotatable bonds is 6. The number of carbonyl (C=O) groups excluding carboxylic acids is 1. The Morgan fingerprint density at radius 1 is 1.08 bits per heavy atom. The Balaban J connectivity index is 1.37. The van der Waals surface area contributed by atoms with E-state index in [2.05, 4.69) is 20.4 Å². The molecule has 1 fully saturated rings. The molecule has 39 heavy (non-hydrogen) atoms. The fourth-order valence-electron chi connectivity index (χ4n) is 4.05. The normalized spacial score (nSPS) is 15.4. The Morgan fingerprint density at radius 2 is 1.72 bits per heavy atom. The van der Waals surface area contributed by atoms with Crippen LogP contribution in [0.15, 0.2) is 35.6 Å². The third-order valence-corrected chi connectivity index (χ3v) is 6.24. The van der Waals surface area contributed by atoms with Gasteiger partial charge in [0.05, 0.1) is 23.0 Å². The molecule has 3 aromatic rings. The fourth-order valence-corrected chi connectivity index (χ4v) is 4.29. The summed E-state index contributed by atoms with van der Waals surface area (Å²) in [6, 6.07) is 0.785. The minimum Gasteiger partial charge on any atom is -0.379 e. The smallest absolute Gasteiger partial charge is 0.379 e. The lowest BCUT2D eigenvalue weighted by Crippen LogP contribution is -2.49. The molecule has 0 unspecified atom stereocenters. The van der Waals surface area contributed by atoms with E-state index in [1.165, 1.54) is 21.7 Å². The first-order valence-corrected chi connectivity index (χ1v) is 11.8. The van der Waals surface area contributed by atoms with E-state index in [-0.39, 0.29) is 55.3 Å². The zero-order chi connectivity index (χ0) is 28.5. The summed E-state index contributed by atoms with van der Waals surface area (Å²) in [6.45, 7) is 2.72. The van der Waals surface area contributed by atoms with Crippen LogP contribution in [0.1, 0.15) is 28.4 Å². The number of piperazine rings is 1. The zero-order valence-corrected chi connectivity index (χ0v) is 20.9. The van der Waals surface area contributed by atoms with Crippen molar-refractivity contribution in [2.24, 2.45) is 0 Å². The van der Waals surface area contributed by atoms with Crippen molar-refractivity contribution in [1.82, 2.24) is 29.6 Å². The molecule has 0 aromatic carbocycles. The number of hydrogen-bond acceptors (Lipinski definition) is 7. The van der Waals surface area contributed by atoms with E-state index >= 15 is 0 Å². The second-order valence-electron chi connectivity index (χ2n) is 8.78. The summed E-state index contributed by atoms with van der Waals surface area (Å²) in [4.78, 5) is 35.4. The molecule has 1 atom stereocenters. The Hall–Kier alpha value is -3.82. The molecule has 0 radical (unpaired) electrons. The first-order valence-electron chi connectivity index (χ1n) is 11.4. The summed E-state index contributed by atoms with van der Waals surface area (Å²) in [6.07, 6.45) is -5.70. The average Bonchev–Trinajstić information content (AvgIpc) is 3.22. The molecule has 0 saturated carbocycles. The van der Waals surface area contributed by atoms with E-state index in [1.807, 2.05) is 0 Å². The number of nitrogens with one attached hydrogen (secondary N) is 2. The van der Waals surface area contributed by atoms with Gasteiger partial charge in [-0.2, -0.15) is 31.4 Å². The summed E-state index contributed by atoms with van der Waals surface area (Å²) in [5, 5.41) is 7.95. The third kappa shape index (κ3) is 6.43. The highest BCUT2D eigenvalue weighted by molar-refractivity contribution is 6.30. The lowest BCUT2D eigenvalue weighted by Gasteiger charge is -2.34. The summed E-state index contributed by atoms with van der Waals surface area (Å²) in [5.74, 6) is -0.225. The van der Waals surface area contributed by atoms with E-state index in [4.69, 9.17) is 11.6 Å². The minimum atomic E-state index is -4.90. The van der Waals surface area contributed by atoms with Crippen molar-refractivity contribution in [3.63, 3.8) is 0 Å². The maximum atomic E-state index is 13.3. The van der Waals surface area contributed by atoms with E-state index in [0.29, 0.717) is 12.4 Å². The summed E-state index contributed by atoms with van der Waals surface area (Å²) in [7, 11) is 0. The molecule has 2 N–H and O–H groups in total. The number of H-pyrrole nitrogens is 1. The van der Waals surface area contributed by atoms with Crippen LogP contribution >= 0.6 is 11.6 Å². The molecule has 17 heteroatoms. The number of alkyl halides is 6. The Bertz CT molecular complexity index is 1380. The van der Waals surface area contributed by atoms with Gasteiger partial charge in [-0.25, -0.2) is 15.1 Å². The van der Waals surface area contributed by atoms with Crippen LogP contribution in [0, 0.1) is 0 Å². The van der Waals surface area contributed by atoms with Gasteiger partial charge in [0, 0.05) is 57.4 Å². The number of aromatic amines is 1. The van der Waals surface area contributed by atoms with E-state index < -0.39 is 40.8 Å². The number of halogens is 7. The lowest BCUT2D eigenvalue weighted by molar-refractivity contribution is -0.139. The van der Waals surface area contributed by atoms with Crippen molar-refractivity contribution in [1.29, 1.82) is 0 Å². The van der Waals surface area contributed by atoms with Crippen LogP contribution in [0.5, 0.6) is 0 Å². The first kappa shape index (κ1) is 28.2. The highest BCUT2D eigenvalue weighted by atomic mass is 35.5. The summed E-state index contributed by atoms with van der Waals surface area (Å²) in [5.41, 5.74) is -3.98. The largest absolute Gasteiger partial charge is 0.423 e. The Kier molecular flexibility index (Phi) is 7.77. The second kappa shape index (κ2) is 10.7. The van der Waals surface area contributed by atoms with Crippen molar-refractivity contribution in [3.8, 4) is 0 Å². The molecule has 1 aliphatic rings. The van der Waals surface area contributed by atoms with Crippen LogP contribution in [-0.2, 0) is 18.9 Å². The van der Waals surface area contributed by atoms with Crippen LogP contribution in [0.2, 0.25) is 5.15 Å². The van der Waals surface area contributed by atoms with Gasteiger partial charge in [0.1, 0.15) is 10.7 Å². The number of anilines is 2. The predicted molar refractivity (Wildman–Crippen MR) is 128 cm³/mol. The van der Waals surface area contributed by atoms with Crippen LogP contribution in [0.3, 0.4) is 0 Å². The molecule has 0 aliphatic carbocycles. The number of carbonyl (C=O) groups is 1. The summed E-state index contributed by atoms with van der Waals surface area (Å²) < 4.78 is 79.5. The minimum absolute atomic E-state index is 0.0647. The monoisotopic (exact) mass is 578 g/mol. The molecular weight excluding hydrogens is 558 g/mol. The standard InChI is InChI=1S/C22H21ClF6N8O2/c1-12(33-15-9-32-34-18(38)17(15)22(27,28)29)10-37-11-13(6-16(37)23)19(39)35-2-4-36(5-3-35)20-30-7-14(8-31-20)21(24,25)26/h6-9,11-12H,2-5,10H2,1H3,(H2,33,34,38)/t12-/m0/s1. The molecule has 0 bridgehead atoms. The van der Waals surface area contributed by atoms with Gasteiger partial charge < -0.3 is 19.7 Å². The third-order valence-electron chi connectivity index (χ3n) is 5.92. The molecule has 1 aliphatic heterocycles. The molecular formula is C22H21ClF6N8O2. The van der Waals surface area contributed by atoms with E-state index in [1.54, 1.807) is 16.9 Å². The molecule has 4 heterocycles. The molecule has 10 nitrogen and oxygen atoms in total. The highest BCUT2D eigenvalue weighted by Crippen LogP contribution is 2.32. The van der Waals surface area contributed by atoms with Gasteiger partial charge in [0.25, 0.3) is 11.5 Å². The topological polar surface area (TPSA) is 112 Å². The average molecular weight is 579 g/mol. The number of nitrogens with zero attached hydrogens (tertiary/aromatic N) is 6. The molecule has 210 valence electrons. The van der Waals surface area contributed by atoms with Gasteiger partial charge in [-0.3, -0.25) is 9.59 Å². The molecule has 0 spiro atoms. The molecule has 3 aromatic heterocycles. The highest BCUT2D eigenvalue weighted by Gasteiger charge is 2.37. The number of hydrogen-bond donors (Lipinski definition) is 2. The lowest BCUT2D eigenvalue weighted by atomic mass is 10.2. The number of aromatic nitrogens is 5. The van der Waals surface area contributed by atoms with Gasteiger partial charge in [0.15, 0.2) is 0 Å². The van der Waals surface area contributed by atoms with Gasteiger partial charge in [0.2, 0.25) is 5.95 Å². The van der Waals surface area contributed by atoms with Gasteiger partial charge in [-0.1, -0.05) is 11.6 Å². The zero-order valence-electron chi connectivity index (χ0n) is 20.1. The van der Waals surface area contributed by atoms with Crippen molar-refractivity contribution in [3.05, 3.63) is 63.1 Å². The van der Waals surface area contributed by atoms with Crippen LogP contribution < -0.4 is 15.8 Å². The van der Waals surface area contributed by atoms with Gasteiger partial charge >= 0.3 is 12.4 Å². The molecule has 1 amide bonds. The van der Waals surface area contributed by atoms with Crippen molar-refractivity contribution >= 4 is 29.1 Å². The Labute approximate surface area is 221 Å². The quantitative estimate of drug-likeness (QED) is 0.431. The maximum Gasteiger partial charge on any atom is 0.423 e. The van der Waals surface area contributed by atoms with E-state index in [0.717, 1.165) is 6.20 Å². The predicted octanol–water partition coefficient (Wildman–Crippen LogP) is 3.52. The number of amides is 1. The first-order chi connectivity index (χ1) is 18.2. The van der Waals surface area contributed by atoms with Gasteiger partial charge in [-0.05, 0) is 13.0 Å². The van der Waals surface area contributed by atoms with Crippen molar-refractivity contribution in [2.45, 2.75) is 31.9 Å². The summed E-state index contributed by atoms with van der Waals surface area (Å²) >= 11 is 6.26. The van der Waals surface area contributed by atoms with Crippen LogP contribution in [0.4, 0.5) is 38.0 Å². The SMILES string of the molecule is C[C@@H](Cn1cc(C(=O)N2CCN(c3ncc(C(F)(F)F)cn3)CC2)cc1Cl)Nc1cn[nH]c(=O)c1C(F)(F)F. The van der Waals surface area contributed by atoms with Gasteiger partial charge in [-0.15, -0.1) is 0 Å². The fraction of sp³-hybridized carbons (Fsp3) is 0.409. The van der Waals surface area contributed by atoms with Crippen molar-refractivity contribution < 1.29 is 31.1 Å². The van der Waals surface area contributed by atoms with Crippen LogP contribution in [0.25, 0.3) is 0 Å². The Morgan fingerprint density at radius 3 is 2.31 bits per heavy atom. The van der Waals surface area contributed by atoms with E-state index in [9.17, 15) is 35.9 Å². The maximum absolute atomic E-state index is 13.3. The van der Waals surface area contributed by atoms with Crippen LogP contribution in [-0.4, -0.2) is 67.8 Å². The second-order valence-corrected chi connectivity index (χ2v) is 9.17. The van der Waals surface area contributed by atoms with Crippen molar-refractivity contribution in [2.75, 3.05) is 36.4 Å².